The normalized spacial score (nSPS) is 10.3. The van der Waals surface area contributed by atoms with E-state index in [1.165, 1.54) is 0 Å². The van der Waals surface area contributed by atoms with Gasteiger partial charge in [-0.2, -0.15) is 0 Å². The summed E-state index contributed by atoms with van der Waals surface area (Å²) >= 11 is 3.14. The van der Waals surface area contributed by atoms with Gasteiger partial charge in [-0.1, -0.05) is 12.1 Å². The number of hydrogen-bond donors (Lipinski definition) is 2. The largest absolute Gasteiger partial charge is 0.497 e. The van der Waals surface area contributed by atoms with E-state index in [0.29, 0.717) is 22.4 Å². The molecule has 0 atom stereocenters. The maximum absolute atomic E-state index is 13.9. The first-order valence-electron chi connectivity index (χ1n) is 5.72. The smallest absolute Gasteiger partial charge is 0.162 e. The average molecular weight is 325 g/mol. The Morgan fingerprint density at radius 1 is 1.21 bits per heavy atom. The summed E-state index contributed by atoms with van der Waals surface area (Å²) in [7, 11) is 1.62. The Bertz CT molecular complexity index is 572. The Hall–Kier alpha value is -1.75. The molecule has 0 aliphatic rings. The summed E-state index contributed by atoms with van der Waals surface area (Å²) < 4.78 is 19.3. The van der Waals surface area contributed by atoms with Crippen molar-refractivity contribution >= 4 is 27.3 Å². The number of methoxy groups -OCH3 is 1. The number of ether oxygens (including phenoxy) is 1. The summed E-state index contributed by atoms with van der Waals surface area (Å²) in [6.45, 7) is 0.488. The maximum Gasteiger partial charge on any atom is 0.162 e. The number of anilines is 2. The molecule has 0 heterocycles. The minimum atomic E-state index is -0.381. The highest BCUT2D eigenvalue weighted by atomic mass is 79.9. The van der Waals surface area contributed by atoms with Crippen LogP contribution in [0.15, 0.2) is 40.9 Å². The maximum atomic E-state index is 13.9. The molecule has 0 bridgehead atoms. The van der Waals surface area contributed by atoms with Crippen molar-refractivity contribution in [2.45, 2.75) is 6.54 Å². The Balaban J connectivity index is 2.12. The minimum absolute atomic E-state index is 0.310. The zero-order valence-electron chi connectivity index (χ0n) is 10.4. The molecule has 0 amide bonds. The monoisotopic (exact) mass is 324 g/mol. The lowest BCUT2D eigenvalue weighted by Crippen LogP contribution is -2.05. The van der Waals surface area contributed by atoms with Crippen LogP contribution in [0.3, 0.4) is 0 Å². The predicted octanol–water partition coefficient (Wildman–Crippen LogP) is 3.79. The van der Waals surface area contributed by atoms with Gasteiger partial charge in [-0.15, -0.1) is 0 Å². The van der Waals surface area contributed by atoms with E-state index >= 15 is 0 Å². The fourth-order valence-corrected chi connectivity index (χ4v) is 2.01. The van der Waals surface area contributed by atoms with Gasteiger partial charge in [0.05, 0.1) is 23.0 Å². The number of halogens is 2. The van der Waals surface area contributed by atoms with Gasteiger partial charge in [0.25, 0.3) is 0 Å². The lowest BCUT2D eigenvalue weighted by atomic mass is 10.2. The van der Waals surface area contributed by atoms with E-state index < -0.39 is 0 Å². The summed E-state index contributed by atoms with van der Waals surface area (Å²) in [4.78, 5) is 0. The highest BCUT2D eigenvalue weighted by Crippen LogP contribution is 2.29. The standard InChI is InChI=1S/C14H14BrFN2O/c1-19-10-4-2-9(3-5-10)8-18-14-12(17)7-6-11(15)13(14)16/h2-7,18H,8,17H2,1H3. The minimum Gasteiger partial charge on any atom is -0.497 e. The number of nitrogen functional groups attached to an aromatic ring is 1. The zero-order chi connectivity index (χ0) is 13.8. The van der Waals surface area contributed by atoms with E-state index in [1.807, 2.05) is 24.3 Å². The van der Waals surface area contributed by atoms with Gasteiger partial charge in [0.1, 0.15) is 5.75 Å². The van der Waals surface area contributed by atoms with E-state index in [0.717, 1.165) is 11.3 Å². The molecule has 100 valence electrons. The van der Waals surface area contributed by atoms with Crippen molar-refractivity contribution in [1.29, 1.82) is 0 Å². The van der Waals surface area contributed by atoms with Crippen LogP contribution in [-0.4, -0.2) is 7.11 Å². The van der Waals surface area contributed by atoms with Crippen LogP contribution < -0.4 is 15.8 Å². The molecule has 0 spiro atoms. The Morgan fingerprint density at radius 3 is 2.53 bits per heavy atom. The SMILES string of the molecule is COc1ccc(CNc2c(N)ccc(Br)c2F)cc1. The molecule has 3 N–H and O–H groups in total. The number of hydrogen-bond acceptors (Lipinski definition) is 3. The molecule has 0 saturated carbocycles. The van der Waals surface area contributed by atoms with E-state index in [2.05, 4.69) is 21.2 Å². The van der Waals surface area contributed by atoms with Crippen LogP contribution in [0.4, 0.5) is 15.8 Å². The van der Waals surface area contributed by atoms with Crippen LogP contribution in [0.5, 0.6) is 5.75 Å². The molecular weight excluding hydrogens is 311 g/mol. The second kappa shape index (κ2) is 5.93. The Kier molecular flexibility index (Phi) is 4.27. The van der Waals surface area contributed by atoms with Crippen molar-refractivity contribution in [3.63, 3.8) is 0 Å². The number of nitrogens with one attached hydrogen (secondary N) is 1. The van der Waals surface area contributed by atoms with E-state index in [4.69, 9.17) is 10.5 Å². The first-order chi connectivity index (χ1) is 9.11. The number of nitrogens with two attached hydrogens (primary N) is 1. The molecule has 0 aromatic heterocycles. The molecule has 0 aliphatic carbocycles. The van der Waals surface area contributed by atoms with E-state index in [9.17, 15) is 4.39 Å². The molecule has 0 unspecified atom stereocenters. The second-order valence-electron chi connectivity index (χ2n) is 4.03. The first-order valence-corrected chi connectivity index (χ1v) is 6.51. The third-order valence-corrected chi connectivity index (χ3v) is 3.37. The van der Waals surface area contributed by atoms with Crippen LogP contribution in [-0.2, 0) is 6.54 Å². The van der Waals surface area contributed by atoms with Crippen molar-refractivity contribution in [1.82, 2.24) is 0 Å². The quantitative estimate of drug-likeness (QED) is 0.841. The van der Waals surface area contributed by atoms with Crippen molar-refractivity contribution < 1.29 is 9.13 Å². The van der Waals surface area contributed by atoms with Crippen LogP contribution in [0.2, 0.25) is 0 Å². The molecular formula is C14H14BrFN2O. The molecule has 2 rings (SSSR count). The van der Waals surface area contributed by atoms with Crippen molar-refractivity contribution in [2.24, 2.45) is 0 Å². The van der Waals surface area contributed by atoms with Crippen molar-refractivity contribution in [3.05, 3.63) is 52.3 Å². The summed E-state index contributed by atoms with van der Waals surface area (Å²) in [6.07, 6.45) is 0. The van der Waals surface area contributed by atoms with Gasteiger partial charge < -0.3 is 15.8 Å². The number of rotatable bonds is 4. The molecule has 0 aliphatic heterocycles. The van der Waals surface area contributed by atoms with Crippen molar-refractivity contribution in [2.75, 3.05) is 18.2 Å². The molecule has 2 aromatic rings. The Morgan fingerprint density at radius 2 is 1.89 bits per heavy atom. The second-order valence-corrected chi connectivity index (χ2v) is 4.88. The van der Waals surface area contributed by atoms with Gasteiger partial charge in [0, 0.05) is 6.54 Å². The average Bonchev–Trinajstić information content (AvgIpc) is 2.44. The van der Waals surface area contributed by atoms with Crippen molar-refractivity contribution in [3.8, 4) is 5.75 Å². The first kappa shape index (κ1) is 13.7. The van der Waals surface area contributed by atoms with Crippen LogP contribution >= 0.6 is 15.9 Å². The summed E-state index contributed by atoms with van der Waals surface area (Å²) in [5.41, 5.74) is 7.46. The van der Waals surface area contributed by atoms with Crippen LogP contribution in [0, 0.1) is 5.82 Å². The van der Waals surface area contributed by atoms with Crippen LogP contribution in [0.25, 0.3) is 0 Å². The number of benzene rings is 2. The third-order valence-electron chi connectivity index (χ3n) is 2.76. The molecule has 5 heteroatoms. The molecule has 2 aromatic carbocycles. The van der Waals surface area contributed by atoms with Gasteiger partial charge in [-0.05, 0) is 45.8 Å². The third kappa shape index (κ3) is 3.17. The van der Waals surface area contributed by atoms with Gasteiger partial charge >= 0.3 is 0 Å². The van der Waals surface area contributed by atoms with Gasteiger partial charge in [0.15, 0.2) is 5.82 Å². The van der Waals surface area contributed by atoms with E-state index in [1.54, 1.807) is 19.2 Å². The summed E-state index contributed by atoms with van der Waals surface area (Å²) in [5, 5.41) is 3.00. The highest BCUT2D eigenvalue weighted by molar-refractivity contribution is 9.10. The zero-order valence-corrected chi connectivity index (χ0v) is 12.0. The van der Waals surface area contributed by atoms with E-state index in [-0.39, 0.29) is 5.82 Å². The molecule has 0 fully saturated rings. The molecule has 19 heavy (non-hydrogen) atoms. The van der Waals surface area contributed by atoms with Gasteiger partial charge in [-0.3, -0.25) is 0 Å². The van der Waals surface area contributed by atoms with Gasteiger partial charge in [0.2, 0.25) is 0 Å². The van der Waals surface area contributed by atoms with Crippen LogP contribution in [0.1, 0.15) is 5.56 Å². The summed E-state index contributed by atoms with van der Waals surface area (Å²) in [5.74, 6) is 0.408. The fourth-order valence-electron chi connectivity index (χ4n) is 1.68. The van der Waals surface area contributed by atoms with Gasteiger partial charge in [-0.25, -0.2) is 4.39 Å². The lowest BCUT2D eigenvalue weighted by Gasteiger charge is -2.11. The topological polar surface area (TPSA) is 47.3 Å². The Labute approximate surface area is 119 Å². The molecule has 0 radical (unpaired) electrons. The fraction of sp³-hybridized carbons (Fsp3) is 0.143. The molecule has 3 nitrogen and oxygen atoms in total. The molecule has 0 saturated heterocycles. The summed E-state index contributed by atoms with van der Waals surface area (Å²) in [6, 6.07) is 10.8. The highest BCUT2D eigenvalue weighted by Gasteiger charge is 2.09. The predicted molar refractivity (Wildman–Crippen MR) is 78.8 cm³/mol. The lowest BCUT2D eigenvalue weighted by molar-refractivity contribution is 0.414.